The molecule has 2 aromatic carbocycles. The van der Waals surface area contributed by atoms with Crippen molar-refractivity contribution in [1.82, 2.24) is 9.88 Å². The normalized spacial score (nSPS) is 16.3. The number of hydrogen-bond donors (Lipinski definition) is 0. The van der Waals surface area contributed by atoms with Gasteiger partial charge in [-0.25, -0.2) is 4.98 Å². The molecule has 0 N–H and O–H groups in total. The quantitative estimate of drug-likeness (QED) is 0.414. The van der Waals surface area contributed by atoms with Crippen molar-refractivity contribution in [3.05, 3.63) is 58.6 Å². The number of nitrogens with zero attached hydrogens (tertiary/aromatic N) is 3. The third-order valence-corrected chi connectivity index (χ3v) is 7.63. The number of carbonyl (C=O) groups excluding carboxylic acids is 1. The van der Waals surface area contributed by atoms with Gasteiger partial charge in [0, 0.05) is 36.8 Å². The Bertz CT molecular complexity index is 1240. The van der Waals surface area contributed by atoms with Crippen LogP contribution < -0.4 is 14.4 Å². The Morgan fingerprint density at radius 3 is 2.47 bits per heavy atom. The summed E-state index contributed by atoms with van der Waals surface area (Å²) in [5, 5.41) is 0.531. The van der Waals surface area contributed by atoms with Gasteiger partial charge in [0.25, 0.3) is 5.91 Å². The minimum Gasteiger partial charge on any atom is -0.493 e. The van der Waals surface area contributed by atoms with Gasteiger partial charge in [-0.3, -0.25) is 9.69 Å². The zero-order valence-corrected chi connectivity index (χ0v) is 20.6. The predicted octanol–water partition coefficient (Wildman–Crippen LogP) is 5.52. The monoisotopic (exact) mass is 517 g/mol. The van der Waals surface area contributed by atoms with E-state index in [-0.39, 0.29) is 5.91 Å². The van der Waals surface area contributed by atoms with Gasteiger partial charge in [0.05, 0.1) is 18.4 Å². The van der Waals surface area contributed by atoms with E-state index >= 15 is 0 Å². The molecule has 3 aromatic rings. The lowest BCUT2D eigenvalue weighted by molar-refractivity contribution is -0.137. The Labute approximate surface area is 211 Å². The molecule has 0 saturated carbocycles. The second-order valence-electron chi connectivity index (χ2n) is 8.81. The number of fused-ring (bicyclic) bond motifs is 1. The highest BCUT2D eigenvalue weighted by Gasteiger charge is 2.32. The van der Waals surface area contributed by atoms with Crippen LogP contribution >= 0.6 is 11.3 Å². The van der Waals surface area contributed by atoms with Crippen LogP contribution in [0, 0.1) is 0 Å². The largest absolute Gasteiger partial charge is 0.493 e. The maximum absolute atomic E-state index is 13.3. The lowest BCUT2D eigenvalue weighted by atomic mass is 10.1. The summed E-state index contributed by atoms with van der Waals surface area (Å²) in [6.07, 6.45) is -1.38. The summed E-state index contributed by atoms with van der Waals surface area (Å²) >= 11 is 1.20. The summed E-state index contributed by atoms with van der Waals surface area (Å²) in [6.45, 7) is 4.09. The van der Waals surface area contributed by atoms with Crippen molar-refractivity contribution >= 4 is 22.9 Å². The molecule has 6 nitrogen and oxygen atoms in total. The van der Waals surface area contributed by atoms with Crippen LogP contribution in [0.5, 0.6) is 11.5 Å². The number of halogens is 3. The fraction of sp³-hybridized carbons (Fsp3) is 0.385. The number of rotatable bonds is 7. The maximum Gasteiger partial charge on any atom is 0.416 e. The molecule has 36 heavy (non-hydrogen) atoms. The highest BCUT2D eigenvalue weighted by atomic mass is 32.1. The van der Waals surface area contributed by atoms with Gasteiger partial charge in [0.15, 0.2) is 11.5 Å². The molecular formula is C26H26F3N3O3S. The van der Waals surface area contributed by atoms with Crippen LogP contribution in [0.1, 0.15) is 33.8 Å². The minimum absolute atomic E-state index is 0.184. The third-order valence-electron chi connectivity index (χ3n) is 6.49. The average Bonchev–Trinajstić information content (AvgIpc) is 3.55. The maximum atomic E-state index is 13.3. The molecule has 0 bridgehead atoms. The molecule has 1 fully saturated rings. The van der Waals surface area contributed by atoms with E-state index in [0.29, 0.717) is 57.9 Å². The summed E-state index contributed by atoms with van der Waals surface area (Å²) < 4.78 is 50.1. The number of amides is 1. The lowest BCUT2D eigenvalue weighted by Crippen LogP contribution is -2.36. The van der Waals surface area contributed by atoms with Crippen molar-refractivity contribution in [2.75, 3.05) is 44.8 Å². The van der Waals surface area contributed by atoms with E-state index in [0.717, 1.165) is 31.8 Å². The van der Waals surface area contributed by atoms with Crippen molar-refractivity contribution in [2.24, 2.45) is 0 Å². The molecule has 0 atom stereocenters. The van der Waals surface area contributed by atoms with Crippen molar-refractivity contribution in [3.8, 4) is 22.1 Å². The fourth-order valence-electron chi connectivity index (χ4n) is 4.54. The lowest BCUT2D eigenvalue weighted by Gasteiger charge is -2.26. The molecule has 1 aromatic heterocycles. The number of anilines is 1. The molecule has 2 aliphatic rings. The molecule has 5 rings (SSSR count). The van der Waals surface area contributed by atoms with E-state index in [1.54, 1.807) is 18.1 Å². The van der Waals surface area contributed by atoms with Crippen molar-refractivity contribution in [1.29, 1.82) is 0 Å². The minimum atomic E-state index is -4.40. The highest BCUT2D eigenvalue weighted by molar-refractivity contribution is 7.17. The third kappa shape index (κ3) is 5.05. The van der Waals surface area contributed by atoms with Gasteiger partial charge in [-0.05, 0) is 50.2 Å². The van der Waals surface area contributed by atoms with Gasteiger partial charge in [0.2, 0.25) is 0 Å². The molecule has 190 valence electrons. The molecule has 2 aliphatic heterocycles. The van der Waals surface area contributed by atoms with Crippen LogP contribution in [0.4, 0.5) is 18.9 Å². The van der Waals surface area contributed by atoms with Gasteiger partial charge in [-0.1, -0.05) is 12.1 Å². The molecule has 0 unspecified atom stereocenters. The number of carbonyl (C=O) groups is 1. The molecule has 0 radical (unpaired) electrons. The molecule has 0 spiro atoms. The van der Waals surface area contributed by atoms with E-state index in [9.17, 15) is 18.0 Å². The molecule has 1 saturated heterocycles. The van der Waals surface area contributed by atoms with E-state index in [4.69, 9.17) is 9.47 Å². The Morgan fingerprint density at radius 2 is 1.78 bits per heavy atom. The molecule has 10 heteroatoms. The first kappa shape index (κ1) is 24.6. The number of thiazole rings is 1. The number of alkyl halides is 3. The van der Waals surface area contributed by atoms with Crippen LogP contribution in [0.2, 0.25) is 0 Å². The zero-order chi connectivity index (χ0) is 25.3. The summed E-state index contributed by atoms with van der Waals surface area (Å²) in [5.41, 5.74) is 1.20. The van der Waals surface area contributed by atoms with Crippen molar-refractivity contribution < 1.29 is 27.4 Å². The van der Waals surface area contributed by atoms with E-state index in [1.165, 1.54) is 36.3 Å². The van der Waals surface area contributed by atoms with Gasteiger partial charge in [-0.2, -0.15) is 13.2 Å². The topological polar surface area (TPSA) is 54.9 Å². The van der Waals surface area contributed by atoms with Crippen LogP contribution in [-0.4, -0.2) is 55.7 Å². The Balaban J connectivity index is 1.30. The van der Waals surface area contributed by atoms with Gasteiger partial charge >= 0.3 is 6.18 Å². The first-order valence-corrected chi connectivity index (χ1v) is 12.7. The summed E-state index contributed by atoms with van der Waals surface area (Å²) in [7, 11) is 1.57. The van der Waals surface area contributed by atoms with E-state index < -0.39 is 11.7 Å². The van der Waals surface area contributed by atoms with Crippen LogP contribution in [0.25, 0.3) is 10.6 Å². The number of likely N-dealkylation sites (tertiary alicyclic amines) is 1. The Hall–Kier alpha value is -3.11. The molecular weight excluding hydrogens is 491 g/mol. The highest BCUT2D eigenvalue weighted by Crippen LogP contribution is 2.37. The number of benzene rings is 2. The summed E-state index contributed by atoms with van der Waals surface area (Å²) in [6, 6.07) is 10.3. The van der Waals surface area contributed by atoms with Gasteiger partial charge in [-0.15, -0.1) is 11.3 Å². The van der Waals surface area contributed by atoms with Crippen LogP contribution in [0.3, 0.4) is 0 Å². The molecule has 0 aliphatic carbocycles. The van der Waals surface area contributed by atoms with Crippen LogP contribution in [0.15, 0.2) is 42.5 Å². The van der Waals surface area contributed by atoms with Crippen molar-refractivity contribution in [3.63, 3.8) is 0 Å². The molecule has 1 amide bonds. The summed E-state index contributed by atoms with van der Waals surface area (Å²) in [5.74, 6) is 1.01. The number of aromatic nitrogens is 1. The van der Waals surface area contributed by atoms with Crippen LogP contribution in [-0.2, 0) is 12.6 Å². The number of hydrogen-bond acceptors (Lipinski definition) is 6. The van der Waals surface area contributed by atoms with Crippen molar-refractivity contribution in [2.45, 2.75) is 25.4 Å². The average molecular weight is 518 g/mol. The smallest absolute Gasteiger partial charge is 0.416 e. The Morgan fingerprint density at radius 1 is 1.03 bits per heavy atom. The van der Waals surface area contributed by atoms with E-state index in [1.807, 2.05) is 12.1 Å². The van der Waals surface area contributed by atoms with Gasteiger partial charge in [0.1, 0.15) is 16.5 Å². The standard InChI is InChI=1S/C26H26F3N3O3S/c1-34-22-16-19(8-9-21(22)35-15-14-31-11-2-3-12-31)32-13-10-20-23(25(32)33)36-24(30-20)17-4-6-18(7-5-17)26(27,28)29/h4-9,16H,2-3,10-15H2,1H3. The number of ether oxygens (including phenoxy) is 2. The molecule has 3 heterocycles. The SMILES string of the molecule is COc1cc(N2CCc3nc(-c4ccc(C(F)(F)F)cc4)sc3C2=O)ccc1OCCN1CCCC1. The number of methoxy groups -OCH3 is 1. The Kier molecular flexibility index (Phi) is 6.90. The van der Waals surface area contributed by atoms with E-state index in [2.05, 4.69) is 9.88 Å². The second-order valence-corrected chi connectivity index (χ2v) is 9.81. The second kappa shape index (κ2) is 10.1. The first-order chi connectivity index (χ1) is 17.3. The summed E-state index contributed by atoms with van der Waals surface area (Å²) in [4.78, 5) is 22.4. The predicted molar refractivity (Wildman–Crippen MR) is 132 cm³/mol. The fourth-order valence-corrected chi connectivity index (χ4v) is 5.60. The first-order valence-electron chi connectivity index (χ1n) is 11.9. The zero-order valence-electron chi connectivity index (χ0n) is 19.8. The van der Waals surface area contributed by atoms with Gasteiger partial charge < -0.3 is 14.4 Å².